The number of rotatable bonds is 7. The highest BCUT2D eigenvalue weighted by molar-refractivity contribution is 6.09. The summed E-state index contributed by atoms with van der Waals surface area (Å²) in [7, 11) is 0. The van der Waals surface area contributed by atoms with Crippen LogP contribution < -0.4 is 21.7 Å². The molecule has 0 spiro atoms. The van der Waals surface area contributed by atoms with E-state index in [1.807, 2.05) is 0 Å². The van der Waals surface area contributed by atoms with Crippen LogP contribution in [-0.4, -0.2) is 43.5 Å². The Morgan fingerprint density at radius 3 is 2.62 bits per heavy atom. The molecule has 2 aromatic carbocycles. The number of carbonyl (C=O) groups excluding carboxylic acids is 3. The molecule has 1 saturated heterocycles. The van der Waals surface area contributed by atoms with E-state index in [1.54, 1.807) is 48.5 Å². The Morgan fingerprint density at radius 1 is 1.03 bits per heavy atom. The zero-order chi connectivity index (χ0) is 20.6. The van der Waals surface area contributed by atoms with Crippen molar-refractivity contribution in [1.29, 1.82) is 0 Å². The average molecular weight is 396 g/mol. The Balaban J connectivity index is 1.70. The van der Waals surface area contributed by atoms with Crippen molar-refractivity contribution >= 4 is 29.1 Å². The number of amides is 3. The first-order valence-corrected chi connectivity index (χ1v) is 9.49. The fraction of sp³-hybridized carbons (Fsp3) is 0.286. The third-order valence-corrected chi connectivity index (χ3v) is 4.46. The molecule has 8 nitrogen and oxygen atoms in total. The van der Waals surface area contributed by atoms with E-state index >= 15 is 0 Å². The molecule has 1 heterocycles. The summed E-state index contributed by atoms with van der Waals surface area (Å²) in [5.74, 6) is -0.928. The topological polar surface area (TPSA) is 123 Å². The summed E-state index contributed by atoms with van der Waals surface area (Å²) >= 11 is 0. The van der Waals surface area contributed by atoms with Gasteiger partial charge in [-0.05, 0) is 43.2 Å². The molecular formula is C21H24N4O4. The molecule has 1 aliphatic rings. The van der Waals surface area contributed by atoms with Crippen LogP contribution in [0.1, 0.15) is 33.6 Å². The fourth-order valence-corrected chi connectivity index (χ4v) is 3.01. The van der Waals surface area contributed by atoms with E-state index in [2.05, 4.69) is 16.0 Å². The van der Waals surface area contributed by atoms with Gasteiger partial charge in [0.05, 0.1) is 11.3 Å². The van der Waals surface area contributed by atoms with E-state index in [0.717, 1.165) is 6.42 Å². The van der Waals surface area contributed by atoms with Crippen molar-refractivity contribution < 1.29 is 19.1 Å². The molecular weight excluding hydrogens is 372 g/mol. The summed E-state index contributed by atoms with van der Waals surface area (Å²) in [5.41, 5.74) is 7.01. The molecule has 1 atom stereocenters. The van der Waals surface area contributed by atoms with Crippen molar-refractivity contribution in [3.8, 4) is 0 Å². The Kier molecular flexibility index (Phi) is 6.94. The minimum atomic E-state index is -0.452. The van der Waals surface area contributed by atoms with Gasteiger partial charge in [-0.2, -0.15) is 0 Å². The lowest BCUT2D eigenvalue weighted by Crippen LogP contribution is -2.30. The van der Waals surface area contributed by atoms with Crippen LogP contribution in [0.4, 0.5) is 11.4 Å². The van der Waals surface area contributed by atoms with Gasteiger partial charge in [0, 0.05) is 30.9 Å². The zero-order valence-corrected chi connectivity index (χ0v) is 15.9. The largest absolute Gasteiger partial charge is 0.368 e. The number of para-hydroxylation sites is 1. The van der Waals surface area contributed by atoms with E-state index < -0.39 is 12.0 Å². The van der Waals surface area contributed by atoms with Crippen LogP contribution in [0.25, 0.3) is 0 Å². The van der Waals surface area contributed by atoms with Crippen molar-refractivity contribution in [2.75, 3.05) is 30.3 Å². The van der Waals surface area contributed by atoms with Crippen molar-refractivity contribution in [2.45, 2.75) is 18.9 Å². The summed E-state index contributed by atoms with van der Waals surface area (Å²) in [6, 6.07) is 13.3. The first-order chi connectivity index (χ1) is 14.1. The number of hydrogen-bond donors (Lipinski definition) is 4. The second-order valence-electron chi connectivity index (χ2n) is 6.62. The van der Waals surface area contributed by atoms with Crippen LogP contribution >= 0.6 is 0 Å². The van der Waals surface area contributed by atoms with Crippen molar-refractivity contribution in [2.24, 2.45) is 5.73 Å². The zero-order valence-electron chi connectivity index (χ0n) is 15.9. The second kappa shape index (κ2) is 9.81. The smallest absolute Gasteiger partial charge is 0.255 e. The van der Waals surface area contributed by atoms with E-state index in [-0.39, 0.29) is 11.8 Å². The normalized spacial score (nSPS) is 15.6. The van der Waals surface area contributed by atoms with Crippen molar-refractivity contribution in [3.05, 3.63) is 59.7 Å². The maximum absolute atomic E-state index is 12.7. The van der Waals surface area contributed by atoms with Crippen LogP contribution in [0.2, 0.25) is 0 Å². The first-order valence-electron chi connectivity index (χ1n) is 9.49. The van der Waals surface area contributed by atoms with Gasteiger partial charge in [-0.15, -0.1) is 0 Å². The number of nitrogens with two attached hydrogens (primary N) is 1. The van der Waals surface area contributed by atoms with Crippen LogP contribution in [0, 0.1) is 0 Å². The number of hydrogen-bond acceptors (Lipinski definition) is 5. The molecule has 0 radical (unpaired) electrons. The number of benzene rings is 2. The molecule has 1 unspecified atom stereocenters. The summed E-state index contributed by atoms with van der Waals surface area (Å²) in [6.45, 7) is 1.25. The van der Waals surface area contributed by atoms with Crippen LogP contribution in [0.5, 0.6) is 0 Å². The molecule has 29 heavy (non-hydrogen) atoms. The Hall–Kier alpha value is -3.23. The molecule has 0 aliphatic carbocycles. The van der Waals surface area contributed by atoms with Gasteiger partial charge in [-0.3, -0.25) is 14.4 Å². The predicted octanol–water partition coefficient (Wildman–Crippen LogP) is 1.74. The highest BCUT2D eigenvalue weighted by Gasteiger charge is 2.23. The van der Waals surface area contributed by atoms with Crippen molar-refractivity contribution in [1.82, 2.24) is 5.32 Å². The molecule has 0 aromatic heterocycles. The molecule has 8 heteroatoms. The quantitative estimate of drug-likeness (QED) is 0.568. The molecule has 2 aromatic rings. The van der Waals surface area contributed by atoms with Crippen molar-refractivity contribution in [3.63, 3.8) is 0 Å². The van der Waals surface area contributed by atoms with E-state index in [9.17, 15) is 14.4 Å². The average Bonchev–Trinajstić information content (AvgIpc) is 3.28. The van der Waals surface area contributed by atoms with Gasteiger partial charge in [0.1, 0.15) is 6.10 Å². The Morgan fingerprint density at radius 2 is 1.86 bits per heavy atom. The summed E-state index contributed by atoms with van der Waals surface area (Å²) in [5, 5.41) is 8.21. The minimum Gasteiger partial charge on any atom is -0.368 e. The maximum Gasteiger partial charge on any atom is 0.255 e. The lowest BCUT2D eigenvalue weighted by molar-refractivity contribution is -0.124. The standard InChI is InChI=1S/C21H24N4O4/c22-10-11-23-20(27)16-7-1-2-8-17(16)25-19(26)14-5-3-6-15(13-14)24-21(28)18-9-4-12-29-18/h1-3,5-8,13,18H,4,9-12,22H2,(H,23,27)(H,24,28)(H,25,26). The first kappa shape index (κ1) is 20.5. The minimum absolute atomic E-state index is 0.220. The van der Waals surface area contributed by atoms with E-state index in [1.165, 1.54) is 0 Å². The molecule has 0 bridgehead atoms. The van der Waals surface area contributed by atoms with Crippen LogP contribution in [-0.2, 0) is 9.53 Å². The third kappa shape index (κ3) is 5.40. The lowest BCUT2D eigenvalue weighted by atomic mass is 10.1. The summed E-state index contributed by atoms with van der Waals surface area (Å²) in [6.07, 6.45) is 1.10. The maximum atomic E-state index is 12.7. The molecule has 3 rings (SSSR count). The van der Waals surface area contributed by atoms with E-state index in [4.69, 9.17) is 10.5 Å². The second-order valence-corrected chi connectivity index (χ2v) is 6.62. The molecule has 1 aliphatic heterocycles. The monoisotopic (exact) mass is 396 g/mol. The molecule has 5 N–H and O–H groups in total. The van der Waals surface area contributed by atoms with Crippen LogP contribution in [0.3, 0.4) is 0 Å². The van der Waals surface area contributed by atoms with Crippen LogP contribution in [0.15, 0.2) is 48.5 Å². The lowest BCUT2D eigenvalue weighted by Gasteiger charge is -2.13. The highest BCUT2D eigenvalue weighted by Crippen LogP contribution is 2.19. The van der Waals surface area contributed by atoms with Gasteiger partial charge in [-0.1, -0.05) is 18.2 Å². The SMILES string of the molecule is NCCNC(=O)c1ccccc1NC(=O)c1cccc(NC(=O)C2CCCO2)c1. The summed E-state index contributed by atoms with van der Waals surface area (Å²) < 4.78 is 5.37. The van der Waals surface area contributed by atoms with Gasteiger partial charge in [-0.25, -0.2) is 0 Å². The Labute approximate surface area is 168 Å². The number of nitrogens with one attached hydrogen (secondary N) is 3. The molecule has 3 amide bonds. The molecule has 1 fully saturated rings. The number of carbonyl (C=O) groups is 3. The number of ether oxygens (including phenoxy) is 1. The molecule has 152 valence electrons. The molecule has 0 saturated carbocycles. The van der Waals surface area contributed by atoms with E-state index in [0.29, 0.717) is 48.6 Å². The van der Waals surface area contributed by atoms with Gasteiger partial charge < -0.3 is 26.4 Å². The fourth-order valence-electron chi connectivity index (χ4n) is 3.01. The Bertz CT molecular complexity index is 894. The number of anilines is 2. The van der Waals surface area contributed by atoms with Gasteiger partial charge in [0.25, 0.3) is 17.7 Å². The van der Waals surface area contributed by atoms with Gasteiger partial charge in [0.2, 0.25) is 0 Å². The third-order valence-electron chi connectivity index (χ3n) is 4.46. The predicted molar refractivity (Wildman–Crippen MR) is 110 cm³/mol. The summed E-state index contributed by atoms with van der Waals surface area (Å²) in [4.78, 5) is 37.2. The van der Waals surface area contributed by atoms with Gasteiger partial charge in [0.15, 0.2) is 0 Å². The van der Waals surface area contributed by atoms with Gasteiger partial charge >= 0.3 is 0 Å². The highest BCUT2D eigenvalue weighted by atomic mass is 16.5.